The molecule has 1 aliphatic rings. The number of nitrogens with one attached hydrogen (secondary N) is 1. The Bertz CT molecular complexity index is 476. The SMILES string of the molecule is CCCN(C1CCCNC1)C(C)c1cc(F)c(Cl)cc1Cl. The molecule has 1 heterocycles. The van der Waals surface area contributed by atoms with Crippen LogP contribution < -0.4 is 5.32 Å². The van der Waals surface area contributed by atoms with Gasteiger partial charge in [0.2, 0.25) is 0 Å². The maximum absolute atomic E-state index is 13.8. The second-order valence-electron chi connectivity index (χ2n) is 5.70. The molecule has 5 heteroatoms. The van der Waals surface area contributed by atoms with Crippen molar-refractivity contribution in [3.8, 4) is 0 Å². The van der Waals surface area contributed by atoms with Gasteiger partial charge in [-0.05, 0) is 57.0 Å². The summed E-state index contributed by atoms with van der Waals surface area (Å²) in [6, 6.07) is 3.54. The maximum Gasteiger partial charge on any atom is 0.142 e. The smallest absolute Gasteiger partial charge is 0.142 e. The molecular formula is C16H23Cl2FN2. The monoisotopic (exact) mass is 332 g/mol. The van der Waals surface area contributed by atoms with Crippen molar-refractivity contribution in [1.82, 2.24) is 10.2 Å². The zero-order valence-corrected chi connectivity index (χ0v) is 14.1. The van der Waals surface area contributed by atoms with Crippen LogP contribution in [0.2, 0.25) is 10.0 Å². The summed E-state index contributed by atoms with van der Waals surface area (Å²) in [5, 5.41) is 4.07. The molecule has 2 atom stereocenters. The lowest BCUT2D eigenvalue weighted by atomic mass is 9.99. The van der Waals surface area contributed by atoms with Gasteiger partial charge in [-0.1, -0.05) is 30.1 Å². The predicted molar refractivity (Wildman–Crippen MR) is 87.7 cm³/mol. The zero-order chi connectivity index (χ0) is 15.4. The highest BCUT2D eigenvalue weighted by molar-refractivity contribution is 6.35. The summed E-state index contributed by atoms with van der Waals surface area (Å²) in [7, 11) is 0. The van der Waals surface area contributed by atoms with Crippen LogP contribution >= 0.6 is 23.2 Å². The number of halogens is 3. The number of piperidine rings is 1. The fourth-order valence-corrected chi connectivity index (χ4v) is 3.64. The van der Waals surface area contributed by atoms with Gasteiger partial charge in [0.05, 0.1) is 5.02 Å². The first-order valence-corrected chi connectivity index (χ1v) is 8.41. The molecule has 0 saturated carbocycles. The van der Waals surface area contributed by atoms with Crippen molar-refractivity contribution in [2.75, 3.05) is 19.6 Å². The highest BCUT2D eigenvalue weighted by Gasteiger charge is 2.27. The fourth-order valence-electron chi connectivity index (χ4n) is 3.10. The van der Waals surface area contributed by atoms with Crippen molar-refractivity contribution < 1.29 is 4.39 Å². The van der Waals surface area contributed by atoms with Crippen LogP contribution in [0.5, 0.6) is 0 Å². The van der Waals surface area contributed by atoms with Crippen LogP contribution in [0.3, 0.4) is 0 Å². The van der Waals surface area contributed by atoms with Gasteiger partial charge in [0.1, 0.15) is 5.82 Å². The van der Waals surface area contributed by atoms with Crippen LogP contribution in [0.15, 0.2) is 12.1 Å². The molecule has 0 aromatic heterocycles. The summed E-state index contributed by atoms with van der Waals surface area (Å²) in [6.45, 7) is 7.31. The minimum absolute atomic E-state index is 0.0779. The fraction of sp³-hybridized carbons (Fsp3) is 0.625. The maximum atomic E-state index is 13.8. The molecule has 1 aliphatic heterocycles. The molecule has 2 nitrogen and oxygen atoms in total. The quantitative estimate of drug-likeness (QED) is 0.789. The van der Waals surface area contributed by atoms with Gasteiger partial charge >= 0.3 is 0 Å². The van der Waals surface area contributed by atoms with E-state index in [2.05, 4.69) is 24.1 Å². The number of nitrogens with zero attached hydrogens (tertiary/aromatic N) is 1. The van der Waals surface area contributed by atoms with Crippen LogP contribution in [-0.2, 0) is 0 Å². The Morgan fingerprint density at radius 1 is 1.38 bits per heavy atom. The predicted octanol–water partition coefficient (Wildman–Crippen LogP) is 4.66. The summed E-state index contributed by atoms with van der Waals surface area (Å²) in [4.78, 5) is 2.43. The van der Waals surface area contributed by atoms with E-state index in [1.165, 1.54) is 25.0 Å². The van der Waals surface area contributed by atoms with Crippen LogP contribution in [0.25, 0.3) is 0 Å². The van der Waals surface area contributed by atoms with Crippen LogP contribution in [0.1, 0.15) is 44.7 Å². The van der Waals surface area contributed by atoms with Gasteiger partial charge in [0.15, 0.2) is 0 Å². The Balaban J connectivity index is 2.24. The summed E-state index contributed by atoms with van der Waals surface area (Å²) >= 11 is 12.1. The molecule has 0 aliphatic carbocycles. The third-order valence-corrected chi connectivity index (χ3v) is 4.83. The van der Waals surface area contributed by atoms with Gasteiger partial charge in [-0.15, -0.1) is 0 Å². The van der Waals surface area contributed by atoms with E-state index in [4.69, 9.17) is 23.2 Å². The molecule has 1 aromatic carbocycles. The highest BCUT2D eigenvalue weighted by Crippen LogP contribution is 2.33. The third-order valence-electron chi connectivity index (χ3n) is 4.21. The van der Waals surface area contributed by atoms with Crippen LogP contribution in [0.4, 0.5) is 4.39 Å². The zero-order valence-electron chi connectivity index (χ0n) is 12.6. The van der Waals surface area contributed by atoms with Crippen LogP contribution in [0, 0.1) is 5.82 Å². The summed E-state index contributed by atoms with van der Waals surface area (Å²) < 4.78 is 13.8. The molecule has 2 unspecified atom stereocenters. The Morgan fingerprint density at radius 2 is 2.14 bits per heavy atom. The lowest BCUT2D eigenvalue weighted by Crippen LogP contribution is -2.47. The van der Waals surface area contributed by atoms with Crippen molar-refractivity contribution in [3.05, 3.63) is 33.6 Å². The normalized spacial score (nSPS) is 20.8. The van der Waals surface area contributed by atoms with Crippen LogP contribution in [-0.4, -0.2) is 30.6 Å². The molecule has 0 spiro atoms. The lowest BCUT2D eigenvalue weighted by Gasteiger charge is -2.39. The van der Waals surface area contributed by atoms with Gasteiger partial charge in [-0.3, -0.25) is 4.90 Å². The van der Waals surface area contributed by atoms with Gasteiger partial charge in [0, 0.05) is 23.7 Å². The number of hydrogen-bond donors (Lipinski definition) is 1. The molecule has 2 rings (SSSR count). The Hall–Kier alpha value is -0.350. The standard InChI is InChI=1S/C16H23Cl2FN2/c1-3-7-21(12-5-4-6-20-10-12)11(2)13-8-16(19)15(18)9-14(13)17/h8-9,11-12,20H,3-7,10H2,1-2H3. The van der Waals surface area contributed by atoms with Gasteiger partial charge in [-0.25, -0.2) is 4.39 Å². The topological polar surface area (TPSA) is 15.3 Å². The number of hydrogen-bond acceptors (Lipinski definition) is 2. The average molecular weight is 333 g/mol. The third kappa shape index (κ3) is 4.10. The minimum Gasteiger partial charge on any atom is -0.315 e. The van der Waals surface area contributed by atoms with E-state index < -0.39 is 5.82 Å². The number of rotatable bonds is 5. The minimum atomic E-state index is -0.402. The van der Waals surface area contributed by atoms with Gasteiger partial charge < -0.3 is 5.32 Å². The molecule has 21 heavy (non-hydrogen) atoms. The van der Waals surface area contributed by atoms with E-state index in [0.717, 1.165) is 31.6 Å². The summed E-state index contributed by atoms with van der Waals surface area (Å²) in [6.07, 6.45) is 3.42. The van der Waals surface area contributed by atoms with E-state index in [1.54, 1.807) is 0 Å². The van der Waals surface area contributed by atoms with Crippen molar-refractivity contribution >= 4 is 23.2 Å². The molecule has 0 bridgehead atoms. The lowest BCUT2D eigenvalue weighted by molar-refractivity contribution is 0.120. The summed E-state index contributed by atoms with van der Waals surface area (Å²) in [5.74, 6) is -0.402. The first-order valence-electron chi connectivity index (χ1n) is 7.65. The second-order valence-corrected chi connectivity index (χ2v) is 6.52. The molecule has 1 saturated heterocycles. The molecule has 1 N–H and O–H groups in total. The highest BCUT2D eigenvalue weighted by atomic mass is 35.5. The van der Waals surface area contributed by atoms with Gasteiger partial charge in [-0.2, -0.15) is 0 Å². The molecular weight excluding hydrogens is 310 g/mol. The number of benzene rings is 1. The largest absolute Gasteiger partial charge is 0.315 e. The van der Waals surface area contributed by atoms with Crippen molar-refractivity contribution in [3.63, 3.8) is 0 Å². The Morgan fingerprint density at radius 3 is 2.76 bits per heavy atom. The molecule has 0 amide bonds. The van der Waals surface area contributed by atoms with E-state index >= 15 is 0 Å². The Kier molecular flexibility index (Phi) is 6.30. The molecule has 0 radical (unpaired) electrons. The molecule has 1 fully saturated rings. The second kappa shape index (κ2) is 7.77. The molecule has 118 valence electrons. The Labute approximate surface area is 136 Å². The average Bonchev–Trinajstić information content (AvgIpc) is 2.49. The van der Waals surface area contributed by atoms with E-state index in [9.17, 15) is 4.39 Å². The van der Waals surface area contributed by atoms with E-state index in [-0.39, 0.29) is 11.1 Å². The summed E-state index contributed by atoms with van der Waals surface area (Å²) in [5.41, 5.74) is 0.817. The van der Waals surface area contributed by atoms with E-state index in [0.29, 0.717) is 11.1 Å². The molecule has 1 aromatic rings. The van der Waals surface area contributed by atoms with Gasteiger partial charge in [0.25, 0.3) is 0 Å². The first kappa shape index (κ1) is 17.0. The van der Waals surface area contributed by atoms with Crippen molar-refractivity contribution in [1.29, 1.82) is 0 Å². The first-order chi connectivity index (χ1) is 10.0. The van der Waals surface area contributed by atoms with Crippen molar-refractivity contribution in [2.24, 2.45) is 0 Å². The van der Waals surface area contributed by atoms with Crippen molar-refractivity contribution in [2.45, 2.75) is 45.2 Å². The van der Waals surface area contributed by atoms with E-state index in [1.807, 2.05) is 0 Å².